The molecule has 1 rings (SSSR count). The number of benzene rings is 1. The van der Waals surface area contributed by atoms with Crippen LogP contribution in [0.5, 0.6) is 0 Å². The number of hydrogen-bond acceptors (Lipinski definition) is 5. The number of nitrogens with zero attached hydrogens (tertiary/aromatic N) is 2. The van der Waals surface area contributed by atoms with E-state index in [1.54, 1.807) is 0 Å². The third-order valence-electron chi connectivity index (χ3n) is 2.33. The van der Waals surface area contributed by atoms with Crippen LogP contribution in [0.2, 0.25) is 5.02 Å². The SMILES string of the molecule is COC(=O)CN(C)C(=O)c1ccc(Cl)cc1[N+](=O)[O-]. The highest BCUT2D eigenvalue weighted by molar-refractivity contribution is 6.31. The van der Waals surface area contributed by atoms with Gasteiger partial charge in [0.1, 0.15) is 12.1 Å². The normalized spacial score (nSPS) is 9.84. The quantitative estimate of drug-likeness (QED) is 0.475. The summed E-state index contributed by atoms with van der Waals surface area (Å²) in [5.41, 5.74) is -0.546. The zero-order valence-electron chi connectivity index (χ0n) is 10.3. The van der Waals surface area contributed by atoms with E-state index in [1.807, 2.05) is 0 Å². The highest BCUT2D eigenvalue weighted by Gasteiger charge is 2.24. The Hall–Kier alpha value is -2.15. The lowest BCUT2D eigenvalue weighted by Gasteiger charge is -2.15. The van der Waals surface area contributed by atoms with Gasteiger partial charge in [-0.3, -0.25) is 19.7 Å². The zero-order valence-corrected chi connectivity index (χ0v) is 11.0. The van der Waals surface area contributed by atoms with Crippen molar-refractivity contribution in [1.29, 1.82) is 0 Å². The summed E-state index contributed by atoms with van der Waals surface area (Å²) in [4.78, 5) is 34.3. The van der Waals surface area contributed by atoms with Gasteiger partial charge >= 0.3 is 5.97 Å². The number of amides is 1. The first-order valence-electron chi connectivity index (χ1n) is 5.13. The highest BCUT2D eigenvalue weighted by atomic mass is 35.5. The van der Waals surface area contributed by atoms with E-state index in [1.165, 1.54) is 26.3 Å². The number of hydrogen-bond donors (Lipinski definition) is 0. The molecular formula is C11H11ClN2O5. The molecule has 0 N–H and O–H groups in total. The van der Waals surface area contributed by atoms with Crippen molar-refractivity contribution in [2.75, 3.05) is 20.7 Å². The molecule has 0 aliphatic carbocycles. The maximum Gasteiger partial charge on any atom is 0.325 e. The summed E-state index contributed by atoms with van der Waals surface area (Å²) in [7, 11) is 2.53. The van der Waals surface area contributed by atoms with Crippen molar-refractivity contribution in [3.8, 4) is 0 Å². The monoisotopic (exact) mass is 286 g/mol. The van der Waals surface area contributed by atoms with Gasteiger partial charge in [-0.2, -0.15) is 0 Å². The molecule has 0 spiro atoms. The van der Waals surface area contributed by atoms with Crippen LogP contribution in [-0.2, 0) is 9.53 Å². The van der Waals surface area contributed by atoms with Gasteiger partial charge < -0.3 is 9.64 Å². The molecule has 0 atom stereocenters. The number of ether oxygens (including phenoxy) is 1. The van der Waals surface area contributed by atoms with E-state index in [4.69, 9.17) is 11.6 Å². The molecule has 8 heteroatoms. The summed E-state index contributed by atoms with van der Waals surface area (Å²) in [6.07, 6.45) is 0. The van der Waals surface area contributed by atoms with Gasteiger partial charge in [0.15, 0.2) is 0 Å². The van der Waals surface area contributed by atoms with Crippen LogP contribution >= 0.6 is 11.6 Å². The summed E-state index contributed by atoms with van der Waals surface area (Å²) in [6, 6.07) is 3.70. The van der Waals surface area contributed by atoms with E-state index in [0.29, 0.717) is 0 Å². The minimum Gasteiger partial charge on any atom is -0.468 e. The lowest BCUT2D eigenvalue weighted by molar-refractivity contribution is -0.385. The Bertz CT molecular complexity index is 532. The molecule has 0 unspecified atom stereocenters. The minimum atomic E-state index is -0.703. The highest BCUT2D eigenvalue weighted by Crippen LogP contribution is 2.24. The Morgan fingerprint density at radius 2 is 2.11 bits per heavy atom. The smallest absolute Gasteiger partial charge is 0.325 e. The Kier molecular flexibility index (Phi) is 4.82. The van der Waals surface area contributed by atoms with E-state index in [-0.39, 0.29) is 17.1 Å². The Labute approximate surface area is 113 Å². The summed E-state index contributed by atoms with van der Waals surface area (Å²) >= 11 is 5.65. The standard InChI is InChI=1S/C11H11ClN2O5/c1-13(6-10(15)19-2)11(16)8-4-3-7(12)5-9(8)14(17)18/h3-5H,6H2,1-2H3. The number of rotatable bonds is 4. The van der Waals surface area contributed by atoms with Gasteiger partial charge in [0, 0.05) is 18.1 Å². The van der Waals surface area contributed by atoms with E-state index < -0.39 is 22.5 Å². The zero-order chi connectivity index (χ0) is 14.6. The predicted molar refractivity (Wildman–Crippen MR) is 67.1 cm³/mol. The average Bonchev–Trinajstić information content (AvgIpc) is 2.37. The molecule has 0 aliphatic heterocycles. The number of carbonyl (C=O) groups is 2. The molecular weight excluding hydrogens is 276 g/mol. The van der Waals surface area contributed by atoms with E-state index in [9.17, 15) is 19.7 Å². The second kappa shape index (κ2) is 6.14. The van der Waals surface area contributed by atoms with Crippen LogP contribution in [0.4, 0.5) is 5.69 Å². The third kappa shape index (κ3) is 3.65. The van der Waals surface area contributed by atoms with Crippen molar-refractivity contribution in [1.82, 2.24) is 4.90 Å². The molecule has 0 radical (unpaired) electrons. The Morgan fingerprint density at radius 3 is 2.63 bits per heavy atom. The maximum absolute atomic E-state index is 12.0. The second-order valence-corrected chi connectivity index (χ2v) is 4.09. The molecule has 0 aromatic heterocycles. The van der Waals surface area contributed by atoms with Crippen LogP contribution < -0.4 is 0 Å². The first kappa shape index (κ1) is 14.9. The molecule has 7 nitrogen and oxygen atoms in total. The van der Waals surface area contributed by atoms with Crippen molar-refractivity contribution in [2.24, 2.45) is 0 Å². The maximum atomic E-state index is 12.0. The van der Waals surface area contributed by atoms with Gasteiger partial charge in [-0.15, -0.1) is 0 Å². The lowest BCUT2D eigenvalue weighted by Crippen LogP contribution is -2.33. The Morgan fingerprint density at radius 1 is 1.47 bits per heavy atom. The van der Waals surface area contributed by atoms with Gasteiger partial charge in [0.25, 0.3) is 11.6 Å². The van der Waals surface area contributed by atoms with Crippen LogP contribution in [0.15, 0.2) is 18.2 Å². The van der Waals surface area contributed by atoms with E-state index in [0.717, 1.165) is 11.0 Å². The predicted octanol–water partition coefficient (Wildman–Crippen LogP) is 1.49. The number of likely N-dealkylation sites (N-methyl/N-ethyl adjacent to an activating group) is 1. The van der Waals surface area contributed by atoms with Crippen molar-refractivity contribution in [3.05, 3.63) is 38.9 Å². The average molecular weight is 287 g/mol. The molecule has 0 bridgehead atoms. The van der Waals surface area contributed by atoms with Gasteiger partial charge in [0.2, 0.25) is 0 Å². The van der Waals surface area contributed by atoms with Gasteiger partial charge in [-0.25, -0.2) is 0 Å². The molecule has 0 heterocycles. The fraction of sp³-hybridized carbons (Fsp3) is 0.273. The van der Waals surface area contributed by atoms with Crippen LogP contribution in [-0.4, -0.2) is 42.4 Å². The van der Waals surface area contributed by atoms with Crippen LogP contribution in [0, 0.1) is 10.1 Å². The number of nitro benzene ring substituents is 1. The van der Waals surface area contributed by atoms with Crippen molar-refractivity contribution < 1.29 is 19.2 Å². The summed E-state index contributed by atoms with van der Waals surface area (Å²) in [5.74, 6) is -1.28. The first-order valence-corrected chi connectivity index (χ1v) is 5.50. The lowest BCUT2D eigenvalue weighted by atomic mass is 10.1. The molecule has 0 saturated heterocycles. The molecule has 0 aliphatic rings. The van der Waals surface area contributed by atoms with Gasteiger partial charge in [0.05, 0.1) is 12.0 Å². The van der Waals surface area contributed by atoms with Crippen molar-refractivity contribution in [3.63, 3.8) is 0 Å². The van der Waals surface area contributed by atoms with E-state index >= 15 is 0 Å². The molecule has 1 aromatic carbocycles. The number of halogens is 1. The topological polar surface area (TPSA) is 89.8 Å². The molecule has 0 saturated carbocycles. The first-order chi connectivity index (χ1) is 8.86. The van der Waals surface area contributed by atoms with Crippen LogP contribution in [0.1, 0.15) is 10.4 Å². The van der Waals surface area contributed by atoms with Crippen molar-refractivity contribution in [2.45, 2.75) is 0 Å². The molecule has 19 heavy (non-hydrogen) atoms. The number of esters is 1. The Balaban J connectivity index is 3.05. The van der Waals surface area contributed by atoms with Crippen molar-refractivity contribution >= 4 is 29.2 Å². The fourth-order valence-electron chi connectivity index (χ4n) is 1.37. The summed E-state index contributed by atoms with van der Waals surface area (Å²) in [5, 5.41) is 11.0. The molecule has 1 amide bonds. The van der Waals surface area contributed by atoms with E-state index in [2.05, 4.69) is 4.74 Å². The number of carbonyl (C=O) groups excluding carboxylic acids is 2. The second-order valence-electron chi connectivity index (χ2n) is 3.66. The van der Waals surface area contributed by atoms with Crippen LogP contribution in [0.3, 0.4) is 0 Å². The number of methoxy groups -OCH3 is 1. The fourth-order valence-corrected chi connectivity index (χ4v) is 1.54. The molecule has 102 valence electrons. The summed E-state index contributed by atoms with van der Waals surface area (Å²) < 4.78 is 4.42. The largest absolute Gasteiger partial charge is 0.468 e. The summed E-state index contributed by atoms with van der Waals surface area (Å²) in [6.45, 7) is -0.297. The minimum absolute atomic E-state index is 0.138. The van der Waals surface area contributed by atoms with Gasteiger partial charge in [-0.1, -0.05) is 11.6 Å². The molecule has 1 aromatic rings. The third-order valence-corrected chi connectivity index (χ3v) is 2.56. The number of nitro groups is 1. The molecule has 0 fully saturated rings. The van der Waals surface area contributed by atoms with Gasteiger partial charge in [-0.05, 0) is 12.1 Å². The van der Waals surface area contributed by atoms with Crippen LogP contribution in [0.25, 0.3) is 0 Å².